The lowest BCUT2D eigenvalue weighted by atomic mass is 10.2. The SMILES string of the molecule is COc1ccc(C(=S)N2CCOCC2)cc1OS(=O)(=O)c1ccc(Cl)cc1. The molecule has 9 heteroatoms. The molecule has 0 bridgehead atoms. The van der Waals surface area contributed by atoms with Crippen molar-refractivity contribution in [1.82, 2.24) is 4.90 Å². The molecule has 1 aliphatic rings. The van der Waals surface area contributed by atoms with Gasteiger partial charge in [0.2, 0.25) is 0 Å². The zero-order valence-electron chi connectivity index (χ0n) is 14.6. The highest BCUT2D eigenvalue weighted by Crippen LogP contribution is 2.31. The standard InChI is InChI=1S/C18H18ClNO5S2/c1-23-16-7-2-13(18(26)20-8-10-24-11-9-20)12-17(16)25-27(21,22)15-5-3-14(19)4-6-15/h2-7,12H,8-11H2,1H3. The van der Waals surface area contributed by atoms with Gasteiger partial charge in [-0.15, -0.1) is 0 Å². The quantitative estimate of drug-likeness (QED) is 0.536. The lowest BCUT2D eigenvalue weighted by Crippen LogP contribution is -2.40. The second-order valence-electron chi connectivity index (χ2n) is 5.76. The molecule has 0 amide bonds. The van der Waals surface area contributed by atoms with E-state index in [4.69, 9.17) is 37.5 Å². The summed E-state index contributed by atoms with van der Waals surface area (Å²) < 4.78 is 41.1. The average Bonchev–Trinajstić information content (AvgIpc) is 2.68. The maximum Gasteiger partial charge on any atom is 0.339 e. The highest BCUT2D eigenvalue weighted by atomic mass is 35.5. The lowest BCUT2D eigenvalue weighted by molar-refractivity contribution is 0.0693. The predicted octanol–water partition coefficient (Wildman–Crippen LogP) is 3.12. The van der Waals surface area contributed by atoms with Gasteiger partial charge in [0, 0.05) is 23.7 Å². The zero-order chi connectivity index (χ0) is 19.4. The van der Waals surface area contributed by atoms with Gasteiger partial charge in [0.15, 0.2) is 11.5 Å². The number of nitrogens with zero attached hydrogens (tertiary/aromatic N) is 1. The molecule has 27 heavy (non-hydrogen) atoms. The number of hydrogen-bond acceptors (Lipinski definition) is 6. The van der Waals surface area contributed by atoms with E-state index in [1.165, 1.54) is 31.4 Å². The van der Waals surface area contributed by atoms with E-state index >= 15 is 0 Å². The summed E-state index contributed by atoms with van der Waals surface area (Å²) in [6.07, 6.45) is 0. The summed E-state index contributed by atoms with van der Waals surface area (Å²) in [6.45, 7) is 2.57. The Hall–Kier alpha value is -1.87. The maximum atomic E-state index is 12.6. The van der Waals surface area contributed by atoms with Crippen molar-refractivity contribution < 1.29 is 22.1 Å². The Labute approximate surface area is 168 Å². The Morgan fingerprint density at radius 2 is 1.78 bits per heavy atom. The smallest absolute Gasteiger partial charge is 0.339 e. The molecule has 3 rings (SSSR count). The fraction of sp³-hybridized carbons (Fsp3) is 0.278. The molecule has 0 aliphatic carbocycles. The Bertz CT molecular complexity index is 925. The Morgan fingerprint density at radius 1 is 1.11 bits per heavy atom. The minimum Gasteiger partial charge on any atom is -0.493 e. The van der Waals surface area contributed by atoms with E-state index in [0.717, 1.165) is 0 Å². The summed E-state index contributed by atoms with van der Waals surface area (Å²) in [4.78, 5) is 2.61. The number of morpholine rings is 1. The van der Waals surface area contributed by atoms with Gasteiger partial charge < -0.3 is 18.6 Å². The molecule has 0 spiro atoms. The van der Waals surface area contributed by atoms with Gasteiger partial charge >= 0.3 is 10.1 Å². The Balaban J connectivity index is 1.89. The van der Waals surface area contributed by atoms with Crippen molar-refractivity contribution >= 4 is 38.9 Å². The molecule has 1 fully saturated rings. The minimum atomic E-state index is -4.05. The molecule has 2 aromatic rings. The van der Waals surface area contributed by atoms with E-state index in [0.29, 0.717) is 47.6 Å². The van der Waals surface area contributed by atoms with Crippen molar-refractivity contribution in [3.63, 3.8) is 0 Å². The normalized spacial score (nSPS) is 14.7. The molecule has 0 saturated carbocycles. The molecule has 6 nitrogen and oxygen atoms in total. The number of benzene rings is 2. The van der Waals surface area contributed by atoms with E-state index in [9.17, 15) is 8.42 Å². The number of thiocarbonyl (C=S) groups is 1. The highest BCUT2D eigenvalue weighted by molar-refractivity contribution is 7.87. The fourth-order valence-corrected chi connectivity index (χ4v) is 3.96. The summed E-state index contributed by atoms with van der Waals surface area (Å²) in [6, 6.07) is 10.7. The van der Waals surface area contributed by atoms with Crippen molar-refractivity contribution in [2.45, 2.75) is 4.90 Å². The average molecular weight is 428 g/mol. The fourth-order valence-electron chi connectivity index (χ4n) is 2.59. The van der Waals surface area contributed by atoms with Crippen LogP contribution >= 0.6 is 23.8 Å². The van der Waals surface area contributed by atoms with Gasteiger partial charge in [-0.3, -0.25) is 0 Å². The van der Waals surface area contributed by atoms with Gasteiger partial charge in [-0.25, -0.2) is 0 Å². The van der Waals surface area contributed by atoms with Gasteiger partial charge in [0.1, 0.15) is 9.88 Å². The molecule has 0 radical (unpaired) electrons. The third-order valence-electron chi connectivity index (χ3n) is 4.01. The molecular weight excluding hydrogens is 410 g/mol. The molecule has 1 heterocycles. The van der Waals surface area contributed by atoms with Crippen molar-refractivity contribution in [2.24, 2.45) is 0 Å². The summed E-state index contributed by atoms with van der Waals surface area (Å²) in [5, 5.41) is 0.435. The molecule has 0 aromatic heterocycles. The number of ether oxygens (including phenoxy) is 2. The highest BCUT2D eigenvalue weighted by Gasteiger charge is 2.21. The van der Waals surface area contributed by atoms with Crippen molar-refractivity contribution in [3.8, 4) is 11.5 Å². The second kappa shape index (κ2) is 8.43. The summed E-state index contributed by atoms with van der Waals surface area (Å²) in [5.41, 5.74) is 0.675. The molecule has 1 saturated heterocycles. The second-order valence-corrected chi connectivity index (χ2v) is 8.13. The first-order valence-corrected chi connectivity index (χ1v) is 10.4. The van der Waals surface area contributed by atoms with Crippen LogP contribution in [0.3, 0.4) is 0 Å². The lowest BCUT2D eigenvalue weighted by Gasteiger charge is -2.29. The van der Waals surface area contributed by atoms with Gasteiger partial charge in [-0.1, -0.05) is 23.8 Å². The summed E-state index contributed by atoms with van der Waals surface area (Å²) >= 11 is 11.4. The van der Waals surface area contributed by atoms with E-state index in [-0.39, 0.29) is 10.6 Å². The monoisotopic (exact) mass is 427 g/mol. The predicted molar refractivity (Wildman–Crippen MR) is 106 cm³/mol. The molecule has 2 aromatic carbocycles. The van der Waals surface area contributed by atoms with Gasteiger partial charge in [0.05, 0.1) is 20.3 Å². The van der Waals surface area contributed by atoms with Crippen LogP contribution in [0.5, 0.6) is 11.5 Å². The Kier molecular flexibility index (Phi) is 6.21. The molecule has 0 N–H and O–H groups in total. The van der Waals surface area contributed by atoms with Gasteiger partial charge in [-0.05, 0) is 42.5 Å². The van der Waals surface area contributed by atoms with E-state index in [1.54, 1.807) is 18.2 Å². The topological polar surface area (TPSA) is 65.1 Å². The number of halogens is 1. The van der Waals surface area contributed by atoms with Crippen LogP contribution in [0.4, 0.5) is 0 Å². The Morgan fingerprint density at radius 3 is 2.41 bits per heavy atom. The minimum absolute atomic E-state index is 0.00453. The number of rotatable bonds is 5. The summed E-state index contributed by atoms with van der Waals surface area (Å²) in [5.74, 6) is 0.363. The van der Waals surface area contributed by atoms with Crippen LogP contribution in [0.1, 0.15) is 5.56 Å². The van der Waals surface area contributed by atoms with Crippen LogP contribution in [0.15, 0.2) is 47.4 Å². The van der Waals surface area contributed by atoms with Crippen LogP contribution in [-0.2, 0) is 14.9 Å². The third kappa shape index (κ3) is 4.70. The van der Waals surface area contributed by atoms with Gasteiger partial charge in [-0.2, -0.15) is 8.42 Å². The van der Waals surface area contributed by atoms with Gasteiger partial charge in [0.25, 0.3) is 0 Å². The largest absolute Gasteiger partial charge is 0.493 e. The molecule has 1 aliphatic heterocycles. The molecular formula is C18H18ClNO5S2. The number of methoxy groups -OCH3 is 1. The molecule has 0 atom stereocenters. The molecule has 0 unspecified atom stereocenters. The first kappa shape index (κ1) is 19.9. The van der Waals surface area contributed by atoms with E-state index in [1.807, 2.05) is 4.90 Å². The van der Waals surface area contributed by atoms with E-state index < -0.39 is 10.1 Å². The van der Waals surface area contributed by atoms with Crippen LogP contribution < -0.4 is 8.92 Å². The van der Waals surface area contributed by atoms with E-state index in [2.05, 4.69) is 0 Å². The van der Waals surface area contributed by atoms with Crippen LogP contribution in [0, 0.1) is 0 Å². The van der Waals surface area contributed by atoms with Crippen molar-refractivity contribution in [3.05, 3.63) is 53.1 Å². The van der Waals surface area contributed by atoms with Crippen LogP contribution in [0.2, 0.25) is 5.02 Å². The number of hydrogen-bond donors (Lipinski definition) is 0. The van der Waals surface area contributed by atoms with Crippen molar-refractivity contribution in [1.29, 1.82) is 0 Å². The van der Waals surface area contributed by atoms with Crippen molar-refractivity contribution in [2.75, 3.05) is 33.4 Å². The van der Waals surface area contributed by atoms with Crippen LogP contribution in [0.25, 0.3) is 0 Å². The maximum absolute atomic E-state index is 12.6. The first-order chi connectivity index (χ1) is 12.9. The first-order valence-electron chi connectivity index (χ1n) is 8.16. The third-order valence-corrected chi connectivity index (χ3v) is 6.01. The van der Waals surface area contributed by atoms with Crippen LogP contribution in [-0.4, -0.2) is 51.7 Å². The summed E-state index contributed by atoms with van der Waals surface area (Å²) in [7, 11) is -2.60. The zero-order valence-corrected chi connectivity index (χ0v) is 16.9. The molecule has 144 valence electrons.